The van der Waals surface area contributed by atoms with Gasteiger partial charge in [0.05, 0.1) is 0 Å². The lowest BCUT2D eigenvalue weighted by molar-refractivity contribution is 0.102. The number of nitrogens with zero attached hydrogens (tertiary/aromatic N) is 1. The van der Waals surface area contributed by atoms with Crippen LogP contribution in [0.3, 0.4) is 0 Å². The average Bonchev–Trinajstić information content (AvgIpc) is 3.05. The largest absolute Gasteiger partial charge is 0.436 e. The van der Waals surface area contributed by atoms with E-state index in [4.69, 9.17) is 4.42 Å². The number of rotatable bonds is 3. The minimum atomic E-state index is -0.113. The number of benzene rings is 3. The van der Waals surface area contributed by atoms with Crippen molar-refractivity contribution in [2.45, 2.75) is 20.8 Å². The van der Waals surface area contributed by atoms with Gasteiger partial charge in [-0.15, -0.1) is 0 Å². The molecule has 0 atom stereocenters. The van der Waals surface area contributed by atoms with Gasteiger partial charge in [0.15, 0.2) is 5.58 Å². The molecule has 0 fully saturated rings. The Bertz CT molecular complexity index is 1140. The van der Waals surface area contributed by atoms with Gasteiger partial charge in [0.2, 0.25) is 5.89 Å². The number of anilines is 1. The molecule has 0 bridgehead atoms. The molecule has 27 heavy (non-hydrogen) atoms. The highest BCUT2D eigenvalue weighted by molar-refractivity contribution is 6.05. The van der Waals surface area contributed by atoms with Crippen LogP contribution >= 0.6 is 0 Å². The minimum absolute atomic E-state index is 0.113. The van der Waals surface area contributed by atoms with Crippen LogP contribution in [0, 0.1) is 20.8 Å². The number of nitrogens with one attached hydrogen (secondary N) is 1. The fourth-order valence-corrected chi connectivity index (χ4v) is 3.12. The first-order valence-electron chi connectivity index (χ1n) is 8.86. The Balaban J connectivity index is 1.55. The third kappa shape index (κ3) is 3.47. The molecule has 4 heteroatoms. The number of aryl methyl sites for hydroxylation is 3. The third-order valence-electron chi connectivity index (χ3n) is 4.56. The molecule has 3 aromatic carbocycles. The topological polar surface area (TPSA) is 55.1 Å². The van der Waals surface area contributed by atoms with E-state index < -0.39 is 0 Å². The molecule has 0 saturated carbocycles. The van der Waals surface area contributed by atoms with Crippen LogP contribution in [-0.4, -0.2) is 10.9 Å². The van der Waals surface area contributed by atoms with E-state index in [2.05, 4.69) is 10.3 Å². The number of amides is 1. The van der Waals surface area contributed by atoms with Crippen LogP contribution in [0.1, 0.15) is 27.0 Å². The van der Waals surface area contributed by atoms with Gasteiger partial charge in [-0.1, -0.05) is 23.8 Å². The van der Waals surface area contributed by atoms with Gasteiger partial charge in [-0.25, -0.2) is 4.98 Å². The van der Waals surface area contributed by atoms with Gasteiger partial charge in [-0.2, -0.15) is 0 Å². The summed E-state index contributed by atoms with van der Waals surface area (Å²) in [5, 5.41) is 2.94. The van der Waals surface area contributed by atoms with Crippen molar-refractivity contribution < 1.29 is 9.21 Å². The lowest BCUT2D eigenvalue weighted by Gasteiger charge is -2.08. The highest BCUT2D eigenvalue weighted by atomic mass is 16.3. The van der Waals surface area contributed by atoms with Gasteiger partial charge in [0.1, 0.15) is 5.52 Å². The van der Waals surface area contributed by atoms with Gasteiger partial charge in [0.25, 0.3) is 5.91 Å². The monoisotopic (exact) mass is 356 g/mol. The number of fused-ring (bicyclic) bond motifs is 1. The summed E-state index contributed by atoms with van der Waals surface area (Å²) in [7, 11) is 0. The van der Waals surface area contributed by atoms with Crippen LogP contribution in [0.5, 0.6) is 0 Å². The maximum absolute atomic E-state index is 12.5. The quantitative estimate of drug-likeness (QED) is 0.514. The zero-order valence-electron chi connectivity index (χ0n) is 15.5. The Morgan fingerprint density at radius 1 is 0.889 bits per heavy atom. The second-order valence-electron chi connectivity index (χ2n) is 6.84. The van der Waals surface area contributed by atoms with Crippen molar-refractivity contribution in [1.82, 2.24) is 4.98 Å². The molecule has 1 amide bonds. The zero-order valence-corrected chi connectivity index (χ0v) is 15.5. The number of oxazole rings is 1. The zero-order chi connectivity index (χ0) is 19.0. The summed E-state index contributed by atoms with van der Waals surface area (Å²) < 4.78 is 5.83. The maximum atomic E-state index is 12.5. The summed E-state index contributed by atoms with van der Waals surface area (Å²) in [5.74, 6) is 0.459. The van der Waals surface area contributed by atoms with E-state index in [9.17, 15) is 4.79 Å². The van der Waals surface area contributed by atoms with E-state index in [1.54, 1.807) is 0 Å². The van der Waals surface area contributed by atoms with Crippen molar-refractivity contribution >= 4 is 22.7 Å². The van der Waals surface area contributed by atoms with Gasteiger partial charge in [-0.05, 0) is 74.4 Å². The summed E-state index contributed by atoms with van der Waals surface area (Å²) in [4.78, 5) is 17.1. The average molecular weight is 356 g/mol. The van der Waals surface area contributed by atoms with Crippen LogP contribution in [0.25, 0.3) is 22.6 Å². The molecule has 1 aromatic heterocycles. The normalized spacial score (nSPS) is 10.9. The fourth-order valence-electron chi connectivity index (χ4n) is 3.12. The molecule has 4 nitrogen and oxygen atoms in total. The number of hydrogen-bond acceptors (Lipinski definition) is 3. The van der Waals surface area contributed by atoms with E-state index in [1.165, 1.54) is 0 Å². The predicted molar refractivity (Wildman–Crippen MR) is 108 cm³/mol. The van der Waals surface area contributed by atoms with Crippen LogP contribution in [0.4, 0.5) is 5.69 Å². The van der Waals surface area contributed by atoms with E-state index in [0.717, 1.165) is 39.0 Å². The standard InChI is InChI=1S/C23H20N2O2/c1-14-4-10-19(16(3)12-14)22(26)24-18-8-6-17(7-9-18)23-25-20-13-15(2)5-11-21(20)27-23/h4-13H,1-3H3,(H,24,26). The first-order chi connectivity index (χ1) is 13.0. The smallest absolute Gasteiger partial charge is 0.255 e. The van der Waals surface area contributed by atoms with Crippen LogP contribution in [0.2, 0.25) is 0 Å². The Hall–Kier alpha value is -3.40. The Kier molecular flexibility index (Phi) is 4.24. The van der Waals surface area contributed by atoms with Crippen molar-refractivity contribution in [2.75, 3.05) is 5.32 Å². The van der Waals surface area contributed by atoms with Crippen LogP contribution < -0.4 is 5.32 Å². The molecule has 0 aliphatic carbocycles. The molecule has 0 spiro atoms. The highest BCUT2D eigenvalue weighted by Crippen LogP contribution is 2.26. The van der Waals surface area contributed by atoms with Crippen molar-refractivity contribution in [3.63, 3.8) is 0 Å². The Morgan fingerprint density at radius 3 is 2.33 bits per heavy atom. The molecule has 0 saturated heterocycles. The van der Waals surface area contributed by atoms with E-state index in [-0.39, 0.29) is 5.91 Å². The molecule has 0 radical (unpaired) electrons. The minimum Gasteiger partial charge on any atom is -0.436 e. The molecule has 1 N–H and O–H groups in total. The summed E-state index contributed by atoms with van der Waals surface area (Å²) in [5.41, 5.74) is 7.14. The molecule has 134 valence electrons. The van der Waals surface area contributed by atoms with Crippen molar-refractivity contribution in [3.05, 3.63) is 82.9 Å². The first-order valence-corrected chi connectivity index (χ1v) is 8.86. The van der Waals surface area contributed by atoms with E-state index in [0.29, 0.717) is 11.5 Å². The molecule has 0 aliphatic rings. The lowest BCUT2D eigenvalue weighted by atomic mass is 10.1. The molecule has 1 heterocycles. The second kappa shape index (κ2) is 6.72. The predicted octanol–water partition coefficient (Wildman–Crippen LogP) is 5.67. The number of aromatic nitrogens is 1. The maximum Gasteiger partial charge on any atom is 0.255 e. The summed E-state index contributed by atoms with van der Waals surface area (Å²) in [6.45, 7) is 5.99. The van der Waals surface area contributed by atoms with Crippen molar-refractivity contribution in [2.24, 2.45) is 0 Å². The molecular weight excluding hydrogens is 336 g/mol. The number of hydrogen-bond donors (Lipinski definition) is 1. The van der Waals surface area contributed by atoms with E-state index in [1.807, 2.05) is 81.4 Å². The van der Waals surface area contributed by atoms with Crippen LogP contribution in [-0.2, 0) is 0 Å². The van der Waals surface area contributed by atoms with Gasteiger partial charge >= 0.3 is 0 Å². The molecule has 0 aliphatic heterocycles. The SMILES string of the molecule is Cc1ccc(C(=O)Nc2ccc(-c3nc4cc(C)ccc4o3)cc2)c(C)c1. The Labute approximate surface area is 157 Å². The summed E-state index contributed by atoms with van der Waals surface area (Å²) in [6.07, 6.45) is 0. The lowest BCUT2D eigenvalue weighted by Crippen LogP contribution is -2.13. The van der Waals surface area contributed by atoms with Gasteiger partial charge < -0.3 is 9.73 Å². The second-order valence-corrected chi connectivity index (χ2v) is 6.84. The highest BCUT2D eigenvalue weighted by Gasteiger charge is 2.11. The fraction of sp³-hybridized carbons (Fsp3) is 0.130. The van der Waals surface area contributed by atoms with Gasteiger partial charge in [-0.3, -0.25) is 4.79 Å². The van der Waals surface area contributed by atoms with Crippen molar-refractivity contribution in [1.29, 1.82) is 0 Å². The first kappa shape index (κ1) is 17.0. The molecule has 4 aromatic rings. The third-order valence-corrected chi connectivity index (χ3v) is 4.56. The molecular formula is C23H20N2O2. The molecule has 4 rings (SSSR count). The summed E-state index contributed by atoms with van der Waals surface area (Å²) >= 11 is 0. The molecule has 0 unspecified atom stereocenters. The van der Waals surface area contributed by atoms with E-state index >= 15 is 0 Å². The number of carbonyl (C=O) groups excluding carboxylic acids is 1. The number of carbonyl (C=O) groups is 1. The van der Waals surface area contributed by atoms with Gasteiger partial charge in [0, 0.05) is 16.8 Å². The van der Waals surface area contributed by atoms with Crippen LogP contribution in [0.15, 0.2) is 65.1 Å². The Morgan fingerprint density at radius 2 is 1.59 bits per heavy atom. The summed E-state index contributed by atoms with van der Waals surface area (Å²) in [6, 6.07) is 19.3. The van der Waals surface area contributed by atoms with Crippen molar-refractivity contribution in [3.8, 4) is 11.5 Å².